The molecule has 1 N–H and O–H groups in total. The van der Waals surface area contributed by atoms with Crippen LogP contribution in [0.4, 0.5) is 4.39 Å². The van der Waals surface area contributed by atoms with Gasteiger partial charge in [-0.3, -0.25) is 0 Å². The van der Waals surface area contributed by atoms with Crippen molar-refractivity contribution in [3.63, 3.8) is 0 Å². The molecule has 0 unspecified atom stereocenters. The summed E-state index contributed by atoms with van der Waals surface area (Å²) >= 11 is 0. The second-order valence-electron chi connectivity index (χ2n) is 7.71. The van der Waals surface area contributed by atoms with E-state index in [2.05, 4.69) is 28.0 Å². The van der Waals surface area contributed by atoms with Crippen LogP contribution in [0.25, 0.3) is 11.3 Å². The highest BCUT2D eigenvalue weighted by atomic mass is 19.1. The van der Waals surface area contributed by atoms with Crippen LogP contribution >= 0.6 is 0 Å². The average Bonchev–Trinajstić information content (AvgIpc) is 3.01. The van der Waals surface area contributed by atoms with Crippen LogP contribution in [-0.2, 0) is 6.54 Å². The fourth-order valence-corrected chi connectivity index (χ4v) is 4.15. The lowest BCUT2D eigenvalue weighted by atomic mass is 9.96. The molecule has 1 aromatic heterocycles. The molecule has 2 aliphatic heterocycles. The number of nitrogens with zero attached hydrogens (tertiary/aromatic N) is 3. The van der Waals surface area contributed by atoms with Crippen LogP contribution in [0, 0.1) is 18.7 Å². The third kappa shape index (κ3) is 3.48. The molecule has 2 fully saturated rings. The maximum atomic E-state index is 13.6. The minimum Gasteiger partial charge on any atom is -0.334 e. The molecule has 0 spiro atoms. The molecule has 2 aromatic rings. The number of benzene rings is 1. The molecule has 0 bridgehead atoms. The highest BCUT2D eigenvalue weighted by Crippen LogP contribution is 2.30. The lowest BCUT2D eigenvalue weighted by molar-refractivity contribution is 0.118. The van der Waals surface area contributed by atoms with Crippen LogP contribution in [0.15, 0.2) is 24.4 Å². The Bertz CT molecular complexity index is 742. The summed E-state index contributed by atoms with van der Waals surface area (Å²) < 4.78 is 16.0. The highest BCUT2D eigenvalue weighted by molar-refractivity contribution is 5.60. The van der Waals surface area contributed by atoms with E-state index in [1.165, 1.54) is 5.82 Å². The Morgan fingerprint density at radius 1 is 1.24 bits per heavy atom. The average molecular weight is 342 g/mol. The second-order valence-corrected chi connectivity index (χ2v) is 7.71. The molecular formula is C20H27FN4. The Balaban J connectivity index is 1.65. The van der Waals surface area contributed by atoms with E-state index in [1.54, 1.807) is 6.07 Å². The zero-order valence-corrected chi connectivity index (χ0v) is 15.1. The largest absolute Gasteiger partial charge is 0.334 e. The quantitative estimate of drug-likeness (QED) is 0.927. The Kier molecular flexibility index (Phi) is 4.61. The second kappa shape index (κ2) is 6.89. The molecule has 4 rings (SSSR count). The van der Waals surface area contributed by atoms with Crippen molar-refractivity contribution in [2.24, 2.45) is 5.92 Å². The van der Waals surface area contributed by atoms with E-state index in [4.69, 9.17) is 4.98 Å². The van der Waals surface area contributed by atoms with Gasteiger partial charge in [0, 0.05) is 43.2 Å². The zero-order valence-electron chi connectivity index (χ0n) is 15.1. The molecule has 0 saturated carbocycles. The molecule has 4 nitrogen and oxygen atoms in total. The number of likely N-dealkylation sites (tertiary alicyclic amines) is 1. The van der Waals surface area contributed by atoms with Gasteiger partial charge in [0.05, 0.1) is 5.69 Å². The van der Waals surface area contributed by atoms with Crippen molar-refractivity contribution >= 4 is 0 Å². The molecule has 0 amide bonds. The number of rotatable bonds is 4. The summed E-state index contributed by atoms with van der Waals surface area (Å²) in [5.41, 5.74) is 2.67. The van der Waals surface area contributed by atoms with Crippen LogP contribution < -0.4 is 5.32 Å². The van der Waals surface area contributed by atoms with Crippen molar-refractivity contribution in [2.75, 3.05) is 33.2 Å². The van der Waals surface area contributed by atoms with Crippen molar-refractivity contribution in [2.45, 2.75) is 32.2 Å². The Labute approximate surface area is 149 Å². The van der Waals surface area contributed by atoms with Gasteiger partial charge in [-0.05, 0) is 63.7 Å². The van der Waals surface area contributed by atoms with Gasteiger partial charge in [-0.1, -0.05) is 0 Å². The van der Waals surface area contributed by atoms with Crippen LogP contribution in [-0.4, -0.2) is 47.7 Å². The molecule has 1 aromatic carbocycles. The van der Waals surface area contributed by atoms with E-state index in [0.29, 0.717) is 17.4 Å². The van der Waals surface area contributed by atoms with Crippen molar-refractivity contribution in [1.29, 1.82) is 0 Å². The summed E-state index contributed by atoms with van der Waals surface area (Å²) in [6.07, 6.45) is 4.47. The van der Waals surface area contributed by atoms with Crippen molar-refractivity contribution in [1.82, 2.24) is 19.8 Å². The Hall–Kier alpha value is -1.72. The van der Waals surface area contributed by atoms with Gasteiger partial charge in [0.2, 0.25) is 0 Å². The first kappa shape index (κ1) is 16.7. The summed E-state index contributed by atoms with van der Waals surface area (Å²) in [6.45, 7) is 7.30. The van der Waals surface area contributed by atoms with E-state index < -0.39 is 0 Å². The van der Waals surface area contributed by atoms with E-state index >= 15 is 0 Å². The summed E-state index contributed by atoms with van der Waals surface area (Å²) in [5, 5.41) is 3.44. The predicted molar refractivity (Wildman–Crippen MR) is 98.2 cm³/mol. The van der Waals surface area contributed by atoms with Crippen molar-refractivity contribution in [3.8, 4) is 11.3 Å². The summed E-state index contributed by atoms with van der Waals surface area (Å²) in [7, 11) is 2.17. The molecule has 0 atom stereocenters. The first-order valence-electron chi connectivity index (χ1n) is 9.33. The van der Waals surface area contributed by atoms with Gasteiger partial charge < -0.3 is 14.8 Å². The minimum atomic E-state index is -0.153. The van der Waals surface area contributed by atoms with Crippen LogP contribution in [0.2, 0.25) is 0 Å². The minimum absolute atomic E-state index is 0.153. The van der Waals surface area contributed by atoms with Gasteiger partial charge in [-0.25, -0.2) is 9.37 Å². The summed E-state index contributed by atoms with van der Waals surface area (Å²) in [5.74, 6) is 2.30. The maximum absolute atomic E-state index is 13.6. The molecule has 0 aliphatic carbocycles. The molecule has 5 heteroatoms. The molecule has 2 aliphatic rings. The number of piperidine rings is 1. The van der Waals surface area contributed by atoms with Crippen LogP contribution in [0.3, 0.4) is 0 Å². The fourth-order valence-electron chi connectivity index (χ4n) is 4.15. The number of hydrogen-bond acceptors (Lipinski definition) is 3. The molecule has 25 heavy (non-hydrogen) atoms. The molecule has 134 valence electrons. The standard InChI is InChI=1S/C20H27FN4/c1-14-9-17(3-4-18(14)21)19-13-25(12-15-10-24(2)11-15)20(23-19)16-5-7-22-8-6-16/h3-4,9,13,15-16,22H,5-8,10-12H2,1-2H3. The zero-order chi connectivity index (χ0) is 17.4. The Morgan fingerprint density at radius 2 is 2.00 bits per heavy atom. The smallest absolute Gasteiger partial charge is 0.126 e. The van der Waals surface area contributed by atoms with E-state index in [9.17, 15) is 4.39 Å². The summed E-state index contributed by atoms with van der Waals surface area (Å²) in [4.78, 5) is 7.36. The first-order chi connectivity index (χ1) is 12.1. The SMILES string of the molecule is Cc1cc(-c2cn(CC3CN(C)C3)c(C3CCNCC3)n2)ccc1F. The molecule has 0 radical (unpaired) electrons. The van der Waals surface area contributed by atoms with Gasteiger partial charge in [0.15, 0.2) is 0 Å². The monoisotopic (exact) mass is 342 g/mol. The predicted octanol–water partition coefficient (Wildman–Crippen LogP) is 3.03. The number of hydrogen-bond donors (Lipinski definition) is 1. The fraction of sp³-hybridized carbons (Fsp3) is 0.550. The third-order valence-corrected chi connectivity index (χ3v) is 5.56. The van der Waals surface area contributed by atoms with Gasteiger partial charge in [-0.15, -0.1) is 0 Å². The first-order valence-corrected chi connectivity index (χ1v) is 9.33. The molecule has 3 heterocycles. The van der Waals surface area contributed by atoms with E-state index in [0.717, 1.165) is 56.8 Å². The summed E-state index contributed by atoms with van der Waals surface area (Å²) in [6, 6.07) is 5.30. The maximum Gasteiger partial charge on any atom is 0.126 e. The number of imidazole rings is 1. The normalized spacial score (nSPS) is 20.0. The number of aromatic nitrogens is 2. The Morgan fingerprint density at radius 3 is 2.68 bits per heavy atom. The van der Waals surface area contributed by atoms with E-state index in [1.807, 2.05) is 19.1 Å². The van der Waals surface area contributed by atoms with Gasteiger partial charge >= 0.3 is 0 Å². The van der Waals surface area contributed by atoms with Crippen LogP contribution in [0.5, 0.6) is 0 Å². The molecular weight excluding hydrogens is 315 g/mol. The molecule has 2 saturated heterocycles. The lowest BCUT2D eigenvalue weighted by Gasteiger charge is -2.37. The van der Waals surface area contributed by atoms with E-state index in [-0.39, 0.29) is 5.82 Å². The van der Waals surface area contributed by atoms with Crippen molar-refractivity contribution < 1.29 is 4.39 Å². The number of nitrogens with one attached hydrogen (secondary N) is 1. The third-order valence-electron chi connectivity index (χ3n) is 5.56. The van der Waals surface area contributed by atoms with Gasteiger partial charge in [0.25, 0.3) is 0 Å². The van der Waals surface area contributed by atoms with Gasteiger partial charge in [0.1, 0.15) is 11.6 Å². The van der Waals surface area contributed by atoms with Crippen LogP contribution in [0.1, 0.15) is 30.1 Å². The number of aryl methyl sites for hydroxylation is 1. The number of halogens is 1. The van der Waals surface area contributed by atoms with Crippen molar-refractivity contribution in [3.05, 3.63) is 41.6 Å². The topological polar surface area (TPSA) is 33.1 Å². The van der Waals surface area contributed by atoms with Gasteiger partial charge in [-0.2, -0.15) is 0 Å². The lowest BCUT2D eigenvalue weighted by Crippen LogP contribution is -2.45. The highest BCUT2D eigenvalue weighted by Gasteiger charge is 2.27.